The van der Waals surface area contributed by atoms with E-state index in [-0.39, 0.29) is 6.04 Å². The fraction of sp³-hybridized carbons (Fsp3) is 0.833. The van der Waals surface area contributed by atoms with E-state index in [1.54, 1.807) is 4.68 Å². The molecule has 0 aliphatic rings. The van der Waals surface area contributed by atoms with Crippen LogP contribution in [0.4, 0.5) is 0 Å². The second-order valence-corrected chi connectivity index (χ2v) is 6.97. The van der Waals surface area contributed by atoms with Crippen molar-refractivity contribution in [3.05, 3.63) is 10.3 Å². The molecule has 104 valence electrons. The van der Waals surface area contributed by atoms with Gasteiger partial charge >= 0.3 is 0 Å². The third-order valence-electron chi connectivity index (χ3n) is 2.96. The van der Waals surface area contributed by atoms with Crippen molar-refractivity contribution in [2.75, 3.05) is 0 Å². The predicted octanol–water partition coefficient (Wildman–Crippen LogP) is 2.54. The summed E-state index contributed by atoms with van der Waals surface area (Å²) >= 11 is 3.42. The molecule has 0 aromatic carbocycles. The molecular formula is C12H24BrN5. The molecular weight excluding hydrogens is 294 g/mol. The Morgan fingerprint density at radius 3 is 2.44 bits per heavy atom. The Morgan fingerprint density at radius 1 is 1.44 bits per heavy atom. The molecule has 18 heavy (non-hydrogen) atoms. The Kier molecular flexibility index (Phi) is 5.31. The van der Waals surface area contributed by atoms with Crippen LogP contribution in [-0.2, 0) is 7.05 Å². The normalized spacial score (nSPS) is 15.7. The van der Waals surface area contributed by atoms with Gasteiger partial charge in [0, 0.05) is 7.05 Å². The maximum atomic E-state index is 5.67. The minimum atomic E-state index is 0.0664. The summed E-state index contributed by atoms with van der Waals surface area (Å²) < 4.78 is 2.52. The maximum absolute atomic E-state index is 5.67. The van der Waals surface area contributed by atoms with E-state index in [0.717, 1.165) is 23.1 Å². The number of hydrogen-bond donors (Lipinski definition) is 2. The van der Waals surface area contributed by atoms with Gasteiger partial charge in [-0.1, -0.05) is 32.9 Å². The molecule has 3 N–H and O–H groups in total. The first-order chi connectivity index (χ1) is 8.24. The first kappa shape index (κ1) is 15.6. The minimum Gasteiger partial charge on any atom is -0.271 e. The van der Waals surface area contributed by atoms with E-state index in [1.807, 2.05) is 7.05 Å². The average Bonchev–Trinajstić information content (AvgIpc) is 2.53. The van der Waals surface area contributed by atoms with E-state index in [1.165, 1.54) is 0 Å². The third-order valence-corrected chi connectivity index (χ3v) is 3.52. The van der Waals surface area contributed by atoms with Gasteiger partial charge in [0.25, 0.3) is 0 Å². The Hall–Kier alpha value is -0.460. The lowest BCUT2D eigenvalue weighted by molar-refractivity contribution is 0.273. The molecule has 0 aliphatic heterocycles. The van der Waals surface area contributed by atoms with Gasteiger partial charge in [0.05, 0.1) is 11.7 Å². The summed E-state index contributed by atoms with van der Waals surface area (Å²) in [7, 11) is 1.88. The predicted molar refractivity (Wildman–Crippen MR) is 76.6 cm³/mol. The van der Waals surface area contributed by atoms with Crippen LogP contribution >= 0.6 is 15.9 Å². The van der Waals surface area contributed by atoms with Crippen molar-refractivity contribution < 1.29 is 0 Å². The molecule has 1 aromatic heterocycles. The summed E-state index contributed by atoms with van der Waals surface area (Å²) in [6, 6.07) is 0.0664. The van der Waals surface area contributed by atoms with Gasteiger partial charge in [0.1, 0.15) is 0 Å². The van der Waals surface area contributed by atoms with Crippen LogP contribution in [0.2, 0.25) is 0 Å². The number of aromatic nitrogens is 3. The van der Waals surface area contributed by atoms with Gasteiger partial charge in [0.15, 0.2) is 4.60 Å². The molecule has 0 radical (unpaired) electrons. The Balaban J connectivity index is 2.74. The summed E-state index contributed by atoms with van der Waals surface area (Å²) in [6.07, 6.45) is 2.13. The molecule has 6 heteroatoms. The van der Waals surface area contributed by atoms with Crippen molar-refractivity contribution in [3.63, 3.8) is 0 Å². The molecule has 0 amide bonds. The molecule has 1 aromatic rings. The highest BCUT2D eigenvalue weighted by Gasteiger charge is 2.23. The van der Waals surface area contributed by atoms with Crippen LogP contribution in [0.25, 0.3) is 0 Å². The molecule has 0 fully saturated rings. The van der Waals surface area contributed by atoms with Gasteiger partial charge in [-0.2, -0.15) is 0 Å². The molecule has 2 atom stereocenters. The fourth-order valence-electron chi connectivity index (χ4n) is 2.50. The summed E-state index contributed by atoms with van der Waals surface area (Å²) in [5, 5.41) is 7.99. The topological polar surface area (TPSA) is 68.8 Å². The Labute approximate surface area is 118 Å². The highest BCUT2D eigenvalue weighted by Crippen LogP contribution is 2.31. The molecule has 0 saturated carbocycles. The molecule has 1 rings (SSSR count). The molecule has 0 aliphatic carbocycles. The molecule has 0 bridgehead atoms. The first-order valence-corrected chi connectivity index (χ1v) is 7.05. The van der Waals surface area contributed by atoms with Crippen molar-refractivity contribution in [2.24, 2.45) is 24.2 Å². The van der Waals surface area contributed by atoms with Gasteiger partial charge in [-0.25, -0.2) is 4.68 Å². The zero-order valence-corrected chi connectivity index (χ0v) is 13.5. The molecule has 1 heterocycles. The second-order valence-electron chi connectivity index (χ2n) is 6.21. The van der Waals surface area contributed by atoms with Crippen molar-refractivity contribution >= 4 is 15.9 Å². The highest BCUT2D eigenvalue weighted by molar-refractivity contribution is 9.10. The number of nitrogens with two attached hydrogens (primary N) is 1. The van der Waals surface area contributed by atoms with Crippen molar-refractivity contribution in [1.29, 1.82) is 0 Å². The van der Waals surface area contributed by atoms with E-state index in [0.29, 0.717) is 11.3 Å². The molecule has 0 spiro atoms. The van der Waals surface area contributed by atoms with E-state index in [2.05, 4.69) is 59.4 Å². The fourth-order valence-corrected chi connectivity index (χ4v) is 3.10. The summed E-state index contributed by atoms with van der Waals surface area (Å²) in [5.74, 6) is 6.25. The van der Waals surface area contributed by atoms with Gasteiger partial charge in [0.2, 0.25) is 0 Å². The van der Waals surface area contributed by atoms with Crippen LogP contribution in [0.3, 0.4) is 0 Å². The maximum Gasteiger partial charge on any atom is 0.153 e. The van der Waals surface area contributed by atoms with Gasteiger partial charge in [-0.15, -0.1) is 5.10 Å². The van der Waals surface area contributed by atoms with E-state index in [4.69, 9.17) is 5.84 Å². The van der Waals surface area contributed by atoms with Crippen LogP contribution in [0.5, 0.6) is 0 Å². The molecule has 2 unspecified atom stereocenters. The highest BCUT2D eigenvalue weighted by atomic mass is 79.9. The number of aryl methyl sites for hydroxylation is 1. The van der Waals surface area contributed by atoms with Gasteiger partial charge < -0.3 is 0 Å². The lowest BCUT2D eigenvalue weighted by atomic mass is 9.82. The lowest BCUT2D eigenvalue weighted by Crippen LogP contribution is -2.31. The van der Waals surface area contributed by atoms with E-state index in [9.17, 15) is 0 Å². The van der Waals surface area contributed by atoms with Crippen LogP contribution < -0.4 is 11.3 Å². The standard InChI is InChI=1S/C12H24BrN5/c1-8(7-12(2,3)4)6-9(15-14)10-11(13)16-17-18(10)5/h8-9,15H,6-7,14H2,1-5H3. The van der Waals surface area contributed by atoms with Gasteiger partial charge in [-0.05, 0) is 40.1 Å². The first-order valence-electron chi connectivity index (χ1n) is 6.26. The quantitative estimate of drug-likeness (QED) is 0.647. The summed E-state index contributed by atoms with van der Waals surface area (Å²) in [4.78, 5) is 0. The monoisotopic (exact) mass is 317 g/mol. The van der Waals surface area contributed by atoms with Crippen LogP contribution in [0, 0.1) is 11.3 Å². The largest absolute Gasteiger partial charge is 0.271 e. The second kappa shape index (κ2) is 6.12. The van der Waals surface area contributed by atoms with Crippen molar-refractivity contribution in [1.82, 2.24) is 20.4 Å². The summed E-state index contributed by atoms with van der Waals surface area (Å²) in [6.45, 7) is 9.04. The zero-order chi connectivity index (χ0) is 13.9. The minimum absolute atomic E-state index is 0.0664. The number of hydrazine groups is 1. The number of halogens is 1. The number of nitrogens with one attached hydrogen (secondary N) is 1. The molecule has 5 nitrogen and oxygen atoms in total. The smallest absolute Gasteiger partial charge is 0.153 e. The van der Waals surface area contributed by atoms with E-state index >= 15 is 0 Å². The van der Waals surface area contributed by atoms with Crippen LogP contribution in [-0.4, -0.2) is 15.0 Å². The number of hydrogen-bond acceptors (Lipinski definition) is 4. The number of nitrogens with zero attached hydrogens (tertiary/aromatic N) is 3. The molecule has 0 saturated heterocycles. The number of rotatable bonds is 5. The van der Waals surface area contributed by atoms with Gasteiger partial charge in [-0.3, -0.25) is 11.3 Å². The van der Waals surface area contributed by atoms with Crippen LogP contribution in [0.15, 0.2) is 4.60 Å². The SMILES string of the molecule is CC(CC(NN)c1c(Br)nnn1C)CC(C)(C)C. The van der Waals surface area contributed by atoms with E-state index < -0.39 is 0 Å². The zero-order valence-electron chi connectivity index (χ0n) is 11.9. The summed E-state index contributed by atoms with van der Waals surface area (Å²) in [5.41, 5.74) is 4.20. The van der Waals surface area contributed by atoms with Crippen LogP contribution in [0.1, 0.15) is 52.3 Å². The lowest BCUT2D eigenvalue weighted by Gasteiger charge is -2.26. The van der Waals surface area contributed by atoms with Crippen molar-refractivity contribution in [3.8, 4) is 0 Å². The Bertz CT molecular complexity index is 363. The third kappa shape index (κ3) is 4.33. The average molecular weight is 318 g/mol. The Morgan fingerprint density at radius 2 is 2.06 bits per heavy atom. The van der Waals surface area contributed by atoms with Crippen molar-refractivity contribution in [2.45, 2.75) is 46.6 Å².